The Kier molecular flexibility index (Phi) is 5.69. The Hall–Kier alpha value is -3.42. The molecular formula is C21H24N6O2. The number of amides is 1. The zero-order valence-corrected chi connectivity index (χ0v) is 16.4. The molecule has 8 heteroatoms. The van der Waals surface area contributed by atoms with Gasteiger partial charge < -0.3 is 15.0 Å². The third-order valence-corrected chi connectivity index (χ3v) is 5.22. The molecular weight excluding hydrogens is 368 g/mol. The lowest BCUT2D eigenvalue weighted by Gasteiger charge is -2.32. The number of carbonyl (C=O) groups excluding carboxylic acids is 1. The maximum absolute atomic E-state index is 12.6. The summed E-state index contributed by atoms with van der Waals surface area (Å²) in [6, 6.07) is 9.69. The summed E-state index contributed by atoms with van der Waals surface area (Å²) < 4.78 is 7.01. The average molecular weight is 392 g/mol. The molecule has 1 aliphatic heterocycles. The fourth-order valence-electron chi connectivity index (χ4n) is 3.49. The van der Waals surface area contributed by atoms with E-state index in [1.807, 2.05) is 41.1 Å². The summed E-state index contributed by atoms with van der Waals surface area (Å²) in [6.07, 6.45) is 8.46. The number of ether oxygens (including phenoxy) is 1. The van der Waals surface area contributed by atoms with E-state index in [1.54, 1.807) is 26.0 Å². The van der Waals surface area contributed by atoms with E-state index in [9.17, 15) is 4.79 Å². The van der Waals surface area contributed by atoms with E-state index in [1.165, 1.54) is 0 Å². The molecule has 8 nitrogen and oxygen atoms in total. The molecule has 0 unspecified atom stereocenters. The van der Waals surface area contributed by atoms with E-state index < -0.39 is 0 Å². The Balaban J connectivity index is 1.30. The Bertz CT molecular complexity index is 934. The first kappa shape index (κ1) is 18.9. The van der Waals surface area contributed by atoms with E-state index in [0.717, 1.165) is 48.9 Å². The third-order valence-electron chi connectivity index (χ3n) is 5.22. The van der Waals surface area contributed by atoms with Crippen LogP contribution in [0.2, 0.25) is 0 Å². The molecule has 0 atom stereocenters. The summed E-state index contributed by atoms with van der Waals surface area (Å²) >= 11 is 0. The smallest absolute Gasteiger partial charge is 0.223 e. The number of carbonyl (C=O) groups is 1. The maximum Gasteiger partial charge on any atom is 0.223 e. The van der Waals surface area contributed by atoms with Gasteiger partial charge >= 0.3 is 0 Å². The summed E-state index contributed by atoms with van der Waals surface area (Å²) in [5, 5.41) is 3.05. The van der Waals surface area contributed by atoms with Crippen LogP contribution < -0.4 is 15.0 Å². The molecule has 0 radical (unpaired) electrons. The molecule has 0 bridgehead atoms. The average Bonchev–Trinajstić information content (AvgIpc) is 3.33. The number of aromatic nitrogens is 4. The van der Waals surface area contributed by atoms with Crippen LogP contribution in [0.3, 0.4) is 0 Å². The lowest BCUT2D eigenvalue weighted by atomic mass is 9.96. The van der Waals surface area contributed by atoms with Gasteiger partial charge in [0.25, 0.3) is 0 Å². The van der Waals surface area contributed by atoms with Crippen molar-refractivity contribution in [3.05, 3.63) is 60.9 Å². The van der Waals surface area contributed by atoms with Gasteiger partial charge in [0.15, 0.2) is 0 Å². The van der Waals surface area contributed by atoms with Crippen molar-refractivity contribution in [1.29, 1.82) is 0 Å². The third kappa shape index (κ3) is 4.53. The molecule has 1 fully saturated rings. The monoisotopic (exact) mass is 392 g/mol. The van der Waals surface area contributed by atoms with Crippen molar-refractivity contribution < 1.29 is 9.53 Å². The molecule has 3 aromatic rings. The molecule has 0 aliphatic carbocycles. The number of rotatable bonds is 6. The van der Waals surface area contributed by atoms with Crippen molar-refractivity contribution in [2.75, 3.05) is 25.1 Å². The molecule has 1 aliphatic rings. The van der Waals surface area contributed by atoms with Crippen molar-refractivity contribution in [2.24, 2.45) is 5.92 Å². The summed E-state index contributed by atoms with van der Waals surface area (Å²) in [4.78, 5) is 27.5. The summed E-state index contributed by atoms with van der Waals surface area (Å²) in [5.41, 5.74) is 1.06. The van der Waals surface area contributed by atoms with E-state index in [-0.39, 0.29) is 11.8 Å². The van der Waals surface area contributed by atoms with Crippen molar-refractivity contribution >= 4 is 11.7 Å². The minimum atomic E-state index is 0.0273. The molecule has 0 saturated carbocycles. The Morgan fingerprint density at radius 2 is 1.93 bits per heavy atom. The van der Waals surface area contributed by atoms with E-state index in [4.69, 9.17) is 4.74 Å². The van der Waals surface area contributed by atoms with Crippen LogP contribution >= 0.6 is 0 Å². The predicted octanol–water partition coefficient (Wildman–Crippen LogP) is 2.20. The minimum Gasteiger partial charge on any atom is -0.497 e. The van der Waals surface area contributed by atoms with Crippen molar-refractivity contribution in [3.63, 3.8) is 0 Å². The first-order chi connectivity index (χ1) is 14.2. The van der Waals surface area contributed by atoms with E-state index in [0.29, 0.717) is 6.54 Å². The number of anilines is 1. The largest absolute Gasteiger partial charge is 0.497 e. The lowest BCUT2D eigenvalue weighted by molar-refractivity contribution is -0.125. The van der Waals surface area contributed by atoms with Crippen LogP contribution in [-0.4, -0.2) is 45.6 Å². The molecule has 3 heterocycles. The zero-order valence-electron chi connectivity index (χ0n) is 16.4. The molecule has 1 N–H and O–H groups in total. The minimum absolute atomic E-state index is 0.0273. The van der Waals surface area contributed by atoms with Crippen molar-refractivity contribution in [1.82, 2.24) is 24.8 Å². The second kappa shape index (κ2) is 8.72. The first-order valence-electron chi connectivity index (χ1n) is 9.69. The van der Waals surface area contributed by atoms with Crippen molar-refractivity contribution in [3.8, 4) is 11.6 Å². The number of benzene rings is 1. The lowest BCUT2D eigenvalue weighted by Crippen LogP contribution is -2.40. The highest BCUT2D eigenvalue weighted by Gasteiger charge is 2.25. The van der Waals surface area contributed by atoms with E-state index >= 15 is 0 Å². The second-order valence-electron chi connectivity index (χ2n) is 7.03. The normalized spacial score (nSPS) is 14.6. The Morgan fingerprint density at radius 1 is 1.17 bits per heavy atom. The topological polar surface area (TPSA) is 85.2 Å². The highest BCUT2D eigenvalue weighted by atomic mass is 16.5. The maximum atomic E-state index is 12.6. The van der Waals surface area contributed by atoms with Gasteiger partial charge in [-0.2, -0.15) is 0 Å². The van der Waals surface area contributed by atoms with Gasteiger partial charge in [0, 0.05) is 44.0 Å². The SMILES string of the molecule is COc1ccc(CNC(=O)C2CCN(c3cc(-n4ccnc4)ncn3)CC2)cc1. The van der Waals surface area contributed by atoms with Gasteiger partial charge in [-0.15, -0.1) is 0 Å². The van der Waals surface area contributed by atoms with Gasteiger partial charge in [-0.05, 0) is 30.5 Å². The van der Waals surface area contributed by atoms with Gasteiger partial charge in [-0.25, -0.2) is 15.0 Å². The number of methoxy groups -OCH3 is 1. The van der Waals surface area contributed by atoms with Gasteiger partial charge in [0.2, 0.25) is 5.91 Å². The number of piperidine rings is 1. The van der Waals surface area contributed by atoms with Gasteiger partial charge in [0.05, 0.1) is 7.11 Å². The Labute approximate surface area is 169 Å². The van der Waals surface area contributed by atoms with Crippen LogP contribution in [0.5, 0.6) is 5.75 Å². The standard InChI is InChI=1S/C21H24N6O2/c1-29-18-4-2-16(3-5-18)13-23-21(28)17-6-9-26(10-7-17)19-12-20(25-14-24-19)27-11-8-22-15-27/h2-5,8,11-12,14-15,17H,6-7,9-10,13H2,1H3,(H,23,28). The number of hydrogen-bond donors (Lipinski definition) is 1. The van der Waals surface area contributed by atoms with Gasteiger partial charge in [-0.3, -0.25) is 9.36 Å². The molecule has 0 spiro atoms. The van der Waals surface area contributed by atoms with Crippen molar-refractivity contribution in [2.45, 2.75) is 19.4 Å². The van der Waals surface area contributed by atoms with Gasteiger partial charge in [0.1, 0.15) is 30.0 Å². The quantitative estimate of drug-likeness (QED) is 0.692. The summed E-state index contributed by atoms with van der Waals surface area (Å²) in [7, 11) is 1.64. The predicted molar refractivity (Wildman–Crippen MR) is 109 cm³/mol. The fourth-order valence-corrected chi connectivity index (χ4v) is 3.49. The number of hydrogen-bond acceptors (Lipinski definition) is 6. The van der Waals surface area contributed by atoms with Crippen LogP contribution in [0.4, 0.5) is 5.82 Å². The first-order valence-corrected chi connectivity index (χ1v) is 9.69. The van der Waals surface area contributed by atoms with Crippen LogP contribution in [0.1, 0.15) is 18.4 Å². The summed E-state index contributed by atoms with van der Waals surface area (Å²) in [5.74, 6) is 2.61. The van der Waals surface area contributed by atoms with Crippen LogP contribution in [0.15, 0.2) is 55.4 Å². The fraction of sp³-hybridized carbons (Fsp3) is 0.333. The zero-order chi connectivity index (χ0) is 20.1. The van der Waals surface area contributed by atoms with Crippen LogP contribution in [-0.2, 0) is 11.3 Å². The highest BCUT2D eigenvalue weighted by molar-refractivity contribution is 5.79. The molecule has 1 saturated heterocycles. The van der Waals surface area contributed by atoms with Crippen LogP contribution in [0.25, 0.3) is 5.82 Å². The molecule has 2 aromatic heterocycles. The highest BCUT2D eigenvalue weighted by Crippen LogP contribution is 2.23. The summed E-state index contributed by atoms with van der Waals surface area (Å²) in [6.45, 7) is 2.12. The molecule has 1 amide bonds. The molecule has 4 rings (SSSR count). The number of nitrogens with zero attached hydrogens (tertiary/aromatic N) is 5. The number of imidazole rings is 1. The molecule has 1 aromatic carbocycles. The number of nitrogens with one attached hydrogen (secondary N) is 1. The second-order valence-corrected chi connectivity index (χ2v) is 7.03. The molecule has 150 valence electrons. The molecule has 29 heavy (non-hydrogen) atoms. The van der Waals surface area contributed by atoms with Gasteiger partial charge in [-0.1, -0.05) is 12.1 Å². The Morgan fingerprint density at radius 3 is 2.62 bits per heavy atom. The van der Waals surface area contributed by atoms with E-state index in [2.05, 4.69) is 25.2 Å². The van der Waals surface area contributed by atoms with Crippen LogP contribution in [0, 0.1) is 5.92 Å².